The van der Waals surface area contributed by atoms with Crippen LogP contribution in [0.5, 0.6) is 0 Å². The van der Waals surface area contributed by atoms with E-state index in [4.69, 9.17) is 0 Å². The Morgan fingerprint density at radius 2 is 1.83 bits per heavy atom. The van der Waals surface area contributed by atoms with Gasteiger partial charge in [0.2, 0.25) is 5.91 Å². The molecule has 29 heavy (non-hydrogen) atoms. The van der Waals surface area contributed by atoms with Crippen molar-refractivity contribution >= 4 is 17.7 Å². The van der Waals surface area contributed by atoms with Gasteiger partial charge in [-0.05, 0) is 50.1 Å². The van der Waals surface area contributed by atoms with E-state index in [0.29, 0.717) is 5.16 Å². The first-order valence-electron chi connectivity index (χ1n) is 9.55. The van der Waals surface area contributed by atoms with Gasteiger partial charge < -0.3 is 9.88 Å². The van der Waals surface area contributed by atoms with Crippen LogP contribution in [0.15, 0.2) is 53.9 Å². The lowest BCUT2D eigenvalue weighted by molar-refractivity contribution is -0.120. The molecule has 1 N–H and O–H groups in total. The monoisotopic (exact) mass is 413 g/mol. The van der Waals surface area contributed by atoms with E-state index in [-0.39, 0.29) is 23.0 Å². The number of hydrogen-bond acceptors (Lipinski definition) is 5. The number of carbonyl (C=O) groups excluding carboxylic acids is 1. The molecule has 0 spiro atoms. The van der Waals surface area contributed by atoms with Crippen molar-refractivity contribution in [2.24, 2.45) is 0 Å². The Morgan fingerprint density at radius 3 is 2.48 bits per heavy atom. The van der Waals surface area contributed by atoms with Gasteiger partial charge in [-0.25, -0.2) is 4.39 Å². The SMILES string of the molecule is CCCn1c(S[C@@H](C)C(=O)N[C@@H](C)c2ccc(F)cc2)nnc1-c1ccncc1. The highest BCUT2D eigenvalue weighted by Crippen LogP contribution is 2.27. The number of pyridine rings is 1. The molecular formula is C21H24FN5OS. The third kappa shape index (κ3) is 5.20. The highest BCUT2D eigenvalue weighted by atomic mass is 32.2. The predicted octanol–water partition coefficient (Wildman–Crippen LogP) is 4.25. The Bertz CT molecular complexity index is 945. The average molecular weight is 414 g/mol. The molecule has 2 aromatic heterocycles. The molecule has 2 heterocycles. The van der Waals surface area contributed by atoms with Crippen LogP contribution in [0, 0.1) is 5.82 Å². The third-order valence-corrected chi connectivity index (χ3v) is 5.56. The van der Waals surface area contributed by atoms with E-state index in [2.05, 4.69) is 27.4 Å². The van der Waals surface area contributed by atoms with E-state index in [1.54, 1.807) is 24.5 Å². The maximum Gasteiger partial charge on any atom is 0.233 e. The number of carbonyl (C=O) groups is 1. The molecule has 2 atom stereocenters. The van der Waals surface area contributed by atoms with Crippen molar-refractivity contribution in [2.75, 3.05) is 0 Å². The molecule has 8 heteroatoms. The van der Waals surface area contributed by atoms with Crippen molar-refractivity contribution in [1.29, 1.82) is 0 Å². The van der Waals surface area contributed by atoms with Gasteiger partial charge in [-0.2, -0.15) is 0 Å². The maximum absolute atomic E-state index is 13.1. The highest BCUT2D eigenvalue weighted by Gasteiger charge is 2.22. The molecule has 0 aliphatic heterocycles. The van der Waals surface area contributed by atoms with Gasteiger partial charge in [0.05, 0.1) is 11.3 Å². The van der Waals surface area contributed by atoms with Crippen molar-refractivity contribution in [2.45, 2.75) is 50.2 Å². The fourth-order valence-electron chi connectivity index (χ4n) is 2.89. The van der Waals surface area contributed by atoms with Gasteiger partial charge in [-0.1, -0.05) is 30.8 Å². The molecule has 1 aromatic carbocycles. The summed E-state index contributed by atoms with van der Waals surface area (Å²) in [5.41, 5.74) is 1.79. The second-order valence-corrected chi connectivity index (χ2v) is 8.04. The number of nitrogens with one attached hydrogen (secondary N) is 1. The van der Waals surface area contributed by atoms with Crippen LogP contribution in [0.4, 0.5) is 4.39 Å². The normalized spacial score (nSPS) is 13.1. The molecule has 6 nitrogen and oxygen atoms in total. The second kappa shape index (κ2) is 9.65. The molecule has 0 bridgehead atoms. The van der Waals surface area contributed by atoms with E-state index in [1.807, 2.05) is 30.5 Å². The molecule has 0 fully saturated rings. The van der Waals surface area contributed by atoms with Gasteiger partial charge in [-0.15, -0.1) is 10.2 Å². The molecule has 0 saturated carbocycles. The van der Waals surface area contributed by atoms with Gasteiger partial charge in [-0.3, -0.25) is 9.78 Å². The Balaban J connectivity index is 1.71. The summed E-state index contributed by atoms with van der Waals surface area (Å²) in [5.74, 6) is 0.365. The summed E-state index contributed by atoms with van der Waals surface area (Å²) >= 11 is 1.38. The lowest BCUT2D eigenvalue weighted by Gasteiger charge is -2.18. The molecule has 3 rings (SSSR count). The second-order valence-electron chi connectivity index (χ2n) is 6.74. The zero-order valence-corrected chi connectivity index (χ0v) is 17.5. The topological polar surface area (TPSA) is 72.7 Å². The summed E-state index contributed by atoms with van der Waals surface area (Å²) in [7, 11) is 0. The number of thioether (sulfide) groups is 1. The number of aromatic nitrogens is 4. The Hall–Kier alpha value is -2.74. The number of rotatable bonds is 8. The van der Waals surface area contributed by atoms with Crippen molar-refractivity contribution < 1.29 is 9.18 Å². The summed E-state index contributed by atoms with van der Waals surface area (Å²) in [5, 5.41) is 12.0. The van der Waals surface area contributed by atoms with Crippen LogP contribution in [0.25, 0.3) is 11.4 Å². The summed E-state index contributed by atoms with van der Waals surface area (Å²) in [6.07, 6.45) is 4.37. The summed E-state index contributed by atoms with van der Waals surface area (Å²) in [6.45, 7) is 6.57. The van der Waals surface area contributed by atoms with Gasteiger partial charge in [0.15, 0.2) is 11.0 Å². The van der Waals surface area contributed by atoms with Crippen LogP contribution in [-0.2, 0) is 11.3 Å². The summed E-state index contributed by atoms with van der Waals surface area (Å²) in [4.78, 5) is 16.7. The minimum absolute atomic E-state index is 0.108. The van der Waals surface area contributed by atoms with Crippen LogP contribution in [0.1, 0.15) is 38.8 Å². The van der Waals surface area contributed by atoms with Gasteiger partial charge in [0, 0.05) is 24.5 Å². The minimum atomic E-state index is -0.358. The first-order valence-corrected chi connectivity index (χ1v) is 10.4. The fraction of sp³-hybridized carbons (Fsp3) is 0.333. The fourth-order valence-corrected chi connectivity index (χ4v) is 3.78. The summed E-state index contributed by atoms with van der Waals surface area (Å²) in [6, 6.07) is 9.71. The van der Waals surface area contributed by atoms with E-state index in [9.17, 15) is 9.18 Å². The van der Waals surface area contributed by atoms with Crippen LogP contribution < -0.4 is 5.32 Å². The predicted molar refractivity (Wildman–Crippen MR) is 112 cm³/mol. The van der Waals surface area contributed by atoms with E-state index >= 15 is 0 Å². The van der Waals surface area contributed by atoms with E-state index in [1.165, 1.54) is 23.9 Å². The van der Waals surface area contributed by atoms with Gasteiger partial charge in [0.1, 0.15) is 5.82 Å². The third-order valence-electron chi connectivity index (χ3n) is 4.48. The van der Waals surface area contributed by atoms with Crippen LogP contribution in [0.2, 0.25) is 0 Å². The number of hydrogen-bond donors (Lipinski definition) is 1. The molecule has 0 aliphatic carbocycles. The van der Waals surface area contributed by atoms with E-state index in [0.717, 1.165) is 29.9 Å². The molecule has 152 valence electrons. The molecule has 0 unspecified atom stereocenters. The van der Waals surface area contributed by atoms with Crippen LogP contribution in [-0.4, -0.2) is 30.9 Å². The van der Waals surface area contributed by atoms with Crippen LogP contribution >= 0.6 is 11.8 Å². The smallest absolute Gasteiger partial charge is 0.233 e. The van der Waals surface area contributed by atoms with Gasteiger partial charge in [0.25, 0.3) is 0 Å². The van der Waals surface area contributed by atoms with Crippen molar-refractivity contribution in [3.63, 3.8) is 0 Å². The lowest BCUT2D eigenvalue weighted by atomic mass is 10.1. The minimum Gasteiger partial charge on any atom is -0.349 e. The molecule has 0 radical (unpaired) electrons. The van der Waals surface area contributed by atoms with Crippen LogP contribution in [0.3, 0.4) is 0 Å². The number of halogens is 1. The zero-order chi connectivity index (χ0) is 20.8. The van der Waals surface area contributed by atoms with Gasteiger partial charge >= 0.3 is 0 Å². The number of nitrogens with zero attached hydrogens (tertiary/aromatic N) is 4. The van der Waals surface area contributed by atoms with Crippen molar-refractivity contribution in [3.05, 3.63) is 60.2 Å². The summed E-state index contributed by atoms with van der Waals surface area (Å²) < 4.78 is 15.1. The molecule has 1 amide bonds. The Kier molecular flexibility index (Phi) is 6.98. The molecule has 3 aromatic rings. The molecular weight excluding hydrogens is 389 g/mol. The molecule has 0 saturated heterocycles. The zero-order valence-electron chi connectivity index (χ0n) is 16.7. The molecule has 0 aliphatic rings. The first-order chi connectivity index (χ1) is 14.0. The van der Waals surface area contributed by atoms with E-state index < -0.39 is 0 Å². The number of amides is 1. The first kappa shape index (κ1) is 21.0. The Morgan fingerprint density at radius 1 is 1.14 bits per heavy atom. The lowest BCUT2D eigenvalue weighted by Crippen LogP contribution is -2.33. The number of benzene rings is 1. The van der Waals surface area contributed by atoms with Crippen molar-refractivity contribution in [3.8, 4) is 11.4 Å². The largest absolute Gasteiger partial charge is 0.349 e. The Labute approximate surface area is 174 Å². The quantitative estimate of drug-likeness (QED) is 0.559. The highest BCUT2D eigenvalue weighted by molar-refractivity contribution is 8.00. The maximum atomic E-state index is 13.1. The standard InChI is InChI=1S/C21H24FN5OS/c1-4-13-27-19(17-9-11-23-12-10-17)25-26-21(27)29-15(3)20(28)24-14(2)16-5-7-18(22)8-6-16/h5-12,14-15H,4,13H2,1-3H3,(H,24,28)/t14-,15-/m0/s1. The van der Waals surface area contributed by atoms with Crippen molar-refractivity contribution in [1.82, 2.24) is 25.1 Å². The average Bonchev–Trinajstić information content (AvgIpc) is 3.11.